The zero-order valence-electron chi connectivity index (χ0n) is 9.57. The molecule has 2 heteroatoms. The molecule has 1 N–H and O–H groups in total. The molecule has 1 aliphatic heterocycles. The zero-order valence-corrected chi connectivity index (χ0v) is 10.4. The van der Waals surface area contributed by atoms with E-state index >= 15 is 0 Å². The summed E-state index contributed by atoms with van der Waals surface area (Å²) in [5.74, 6) is 0.834. The third kappa shape index (κ3) is 1.76. The van der Waals surface area contributed by atoms with Crippen LogP contribution >= 0.6 is 11.3 Å². The van der Waals surface area contributed by atoms with Crippen molar-refractivity contribution in [3.05, 3.63) is 35.2 Å². The molecule has 2 aromatic rings. The second kappa shape index (κ2) is 4.19. The second-order valence-corrected chi connectivity index (χ2v) is 5.74. The van der Waals surface area contributed by atoms with Crippen molar-refractivity contribution in [2.75, 3.05) is 6.54 Å². The van der Waals surface area contributed by atoms with Crippen LogP contribution in [-0.2, 0) is 0 Å². The molecule has 0 aliphatic carbocycles. The lowest BCUT2D eigenvalue weighted by Gasteiger charge is -2.27. The van der Waals surface area contributed by atoms with Crippen molar-refractivity contribution in [3.8, 4) is 0 Å². The summed E-state index contributed by atoms with van der Waals surface area (Å²) in [7, 11) is 0. The molecule has 0 radical (unpaired) electrons. The predicted octanol–water partition coefficient (Wildman–Crippen LogP) is 3.96. The van der Waals surface area contributed by atoms with Gasteiger partial charge in [0.05, 0.1) is 0 Å². The average Bonchev–Trinajstić information content (AvgIpc) is 2.74. The van der Waals surface area contributed by atoms with Gasteiger partial charge in [-0.3, -0.25) is 0 Å². The number of piperidine rings is 1. The molecule has 0 bridgehead atoms. The molecule has 0 unspecified atom stereocenters. The van der Waals surface area contributed by atoms with E-state index in [2.05, 4.69) is 41.9 Å². The fourth-order valence-electron chi connectivity index (χ4n) is 2.53. The van der Waals surface area contributed by atoms with Gasteiger partial charge < -0.3 is 5.32 Å². The first-order chi connectivity index (χ1) is 7.84. The van der Waals surface area contributed by atoms with Crippen molar-refractivity contribution < 1.29 is 0 Å². The van der Waals surface area contributed by atoms with E-state index in [-0.39, 0.29) is 0 Å². The Morgan fingerprint density at radius 3 is 2.94 bits per heavy atom. The van der Waals surface area contributed by atoms with Crippen LogP contribution in [0.3, 0.4) is 0 Å². The van der Waals surface area contributed by atoms with Crippen molar-refractivity contribution in [1.29, 1.82) is 0 Å². The number of thiophene rings is 1. The van der Waals surface area contributed by atoms with Gasteiger partial charge in [-0.25, -0.2) is 0 Å². The minimum absolute atomic E-state index is 0.576. The van der Waals surface area contributed by atoms with Gasteiger partial charge in [0.25, 0.3) is 0 Å². The lowest BCUT2D eigenvalue weighted by atomic mass is 9.92. The van der Waals surface area contributed by atoms with E-state index in [1.165, 1.54) is 28.5 Å². The van der Waals surface area contributed by atoms with Crippen LogP contribution in [-0.4, -0.2) is 6.54 Å². The first-order valence-electron chi connectivity index (χ1n) is 6.04. The molecular formula is C14H17NS. The SMILES string of the molecule is C[C@@H]1CC[C@H](c2csc3ccccc23)NC1. The van der Waals surface area contributed by atoms with Gasteiger partial charge in [0, 0.05) is 10.7 Å². The molecule has 84 valence electrons. The summed E-state index contributed by atoms with van der Waals surface area (Å²) < 4.78 is 1.41. The van der Waals surface area contributed by atoms with E-state index < -0.39 is 0 Å². The maximum absolute atomic E-state index is 3.67. The maximum Gasteiger partial charge on any atom is 0.0346 e. The van der Waals surface area contributed by atoms with Crippen molar-refractivity contribution in [3.63, 3.8) is 0 Å². The Bertz CT molecular complexity index is 480. The lowest BCUT2D eigenvalue weighted by Crippen LogP contribution is -2.31. The van der Waals surface area contributed by atoms with Gasteiger partial charge in [0.15, 0.2) is 0 Å². The largest absolute Gasteiger partial charge is 0.310 e. The number of rotatable bonds is 1. The highest BCUT2D eigenvalue weighted by atomic mass is 32.1. The summed E-state index contributed by atoms with van der Waals surface area (Å²) in [6.07, 6.45) is 2.63. The Labute approximate surface area is 100 Å². The molecule has 0 amide bonds. The van der Waals surface area contributed by atoms with Crippen LogP contribution < -0.4 is 5.32 Å². The van der Waals surface area contributed by atoms with Crippen LogP contribution in [0.15, 0.2) is 29.6 Å². The minimum atomic E-state index is 0.576. The highest BCUT2D eigenvalue weighted by Gasteiger charge is 2.20. The Morgan fingerprint density at radius 1 is 1.25 bits per heavy atom. The number of nitrogens with one attached hydrogen (secondary N) is 1. The zero-order chi connectivity index (χ0) is 11.0. The average molecular weight is 231 g/mol. The number of hydrogen-bond acceptors (Lipinski definition) is 2. The summed E-state index contributed by atoms with van der Waals surface area (Å²) in [5.41, 5.74) is 1.51. The third-order valence-electron chi connectivity index (χ3n) is 3.55. The molecular weight excluding hydrogens is 214 g/mol. The number of hydrogen-bond donors (Lipinski definition) is 1. The van der Waals surface area contributed by atoms with Crippen LogP contribution in [0.25, 0.3) is 10.1 Å². The fraction of sp³-hybridized carbons (Fsp3) is 0.429. The van der Waals surface area contributed by atoms with Crippen molar-refractivity contribution in [2.24, 2.45) is 5.92 Å². The van der Waals surface area contributed by atoms with E-state index in [1.807, 2.05) is 11.3 Å². The van der Waals surface area contributed by atoms with Crippen molar-refractivity contribution in [2.45, 2.75) is 25.8 Å². The monoisotopic (exact) mass is 231 g/mol. The Kier molecular flexibility index (Phi) is 2.70. The molecule has 1 nitrogen and oxygen atoms in total. The maximum atomic E-state index is 3.67. The highest BCUT2D eigenvalue weighted by Crippen LogP contribution is 2.34. The second-order valence-electron chi connectivity index (χ2n) is 4.83. The summed E-state index contributed by atoms with van der Waals surface area (Å²) >= 11 is 1.87. The van der Waals surface area contributed by atoms with Crippen LogP contribution in [0.1, 0.15) is 31.4 Å². The molecule has 3 rings (SSSR count). The van der Waals surface area contributed by atoms with Crippen LogP contribution in [0.4, 0.5) is 0 Å². The summed E-state index contributed by atoms with van der Waals surface area (Å²) in [4.78, 5) is 0. The van der Waals surface area contributed by atoms with Crippen LogP contribution in [0, 0.1) is 5.92 Å². The molecule has 1 saturated heterocycles. The Hall–Kier alpha value is -0.860. The normalized spacial score (nSPS) is 26.1. The lowest BCUT2D eigenvalue weighted by molar-refractivity contribution is 0.334. The molecule has 1 aromatic carbocycles. The summed E-state index contributed by atoms with van der Waals surface area (Å²) in [6, 6.07) is 9.31. The minimum Gasteiger partial charge on any atom is -0.310 e. The van der Waals surface area contributed by atoms with Crippen molar-refractivity contribution in [1.82, 2.24) is 5.32 Å². The third-order valence-corrected chi connectivity index (χ3v) is 4.53. The number of benzene rings is 1. The van der Waals surface area contributed by atoms with E-state index in [0.717, 1.165) is 12.5 Å². The van der Waals surface area contributed by atoms with Crippen LogP contribution in [0.2, 0.25) is 0 Å². The molecule has 1 aliphatic rings. The standard InChI is InChI=1S/C14H17NS/c1-10-6-7-13(15-8-10)12-9-16-14-5-3-2-4-11(12)14/h2-5,9-10,13,15H,6-8H2,1H3/t10-,13-/m1/s1. The van der Waals surface area contributed by atoms with Crippen LogP contribution in [0.5, 0.6) is 0 Å². The van der Waals surface area contributed by atoms with E-state index in [1.54, 1.807) is 0 Å². The molecule has 2 atom stereocenters. The van der Waals surface area contributed by atoms with Gasteiger partial charge in [-0.05, 0) is 47.7 Å². The van der Waals surface area contributed by atoms with Gasteiger partial charge in [-0.15, -0.1) is 11.3 Å². The molecule has 1 aromatic heterocycles. The molecule has 0 spiro atoms. The van der Waals surface area contributed by atoms with Gasteiger partial charge in [-0.1, -0.05) is 25.1 Å². The first-order valence-corrected chi connectivity index (χ1v) is 6.92. The topological polar surface area (TPSA) is 12.0 Å². The van der Waals surface area contributed by atoms with E-state index in [4.69, 9.17) is 0 Å². The van der Waals surface area contributed by atoms with Gasteiger partial charge in [-0.2, -0.15) is 0 Å². The number of fused-ring (bicyclic) bond motifs is 1. The van der Waals surface area contributed by atoms with Gasteiger partial charge >= 0.3 is 0 Å². The summed E-state index contributed by atoms with van der Waals surface area (Å²) in [5, 5.41) is 7.45. The van der Waals surface area contributed by atoms with E-state index in [0.29, 0.717) is 6.04 Å². The van der Waals surface area contributed by atoms with Crippen molar-refractivity contribution >= 4 is 21.4 Å². The van der Waals surface area contributed by atoms with E-state index in [9.17, 15) is 0 Å². The molecule has 1 fully saturated rings. The van der Waals surface area contributed by atoms with Gasteiger partial charge in [0.2, 0.25) is 0 Å². The fourth-order valence-corrected chi connectivity index (χ4v) is 3.55. The highest BCUT2D eigenvalue weighted by molar-refractivity contribution is 7.17. The smallest absolute Gasteiger partial charge is 0.0346 e. The quantitative estimate of drug-likeness (QED) is 0.783. The molecule has 2 heterocycles. The van der Waals surface area contributed by atoms with Gasteiger partial charge in [0.1, 0.15) is 0 Å². The molecule has 0 saturated carbocycles. The summed E-state index contributed by atoms with van der Waals surface area (Å²) in [6.45, 7) is 3.49. The first kappa shape index (κ1) is 10.3. The Morgan fingerprint density at radius 2 is 2.12 bits per heavy atom. The molecule has 16 heavy (non-hydrogen) atoms. The predicted molar refractivity (Wildman–Crippen MR) is 71.0 cm³/mol. The Balaban J connectivity index is 1.94.